The fourth-order valence-corrected chi connectivity index (χ4v) is 6.60. The van der Waals surface area contributed by atoms with Crippen LogP contribution < -0.4 is 9.44 Å². The van der Waals surface area contributed by atoms with Crippen LogP contribution in [-0.4, -0.2) is 52.5 Å². The van der Waals surface area contributed by atoms with Gasteiger partial charge in [0, 0.05) is 33.4 Å². The summed E-state index contributed by atoms with van der Waals surface area (Å²) in [5.74, 6) is -2.39. The number of carbonyl (C=O) groups excluding carboxylic acids is 4. The summed E-state index contributed by atoms with van der Waals surface area (Å²) in [4.78, 5) is 55.4. The number of hydrogen-bond donors (Lipinski definition) is 2. The summed E-state index contributed by atoms with van der Waals surface area (Å²) in [7, 11) is -7.74. The minimum absolute atomic E-state index is 0.0820. The maximum Gasteiger partial charge on any atom is 0.229 e. The minimum Gasteiger partial charge on any atom is -0.289 e. The standard InChI is InChI=1S/C30H20N2O8S2/c1-41(37,38)31-21-13-11-15(23-25(21)29(35)19-9-5-3-7-17(19)27(23)33)16-12-14-22(32-42(2,39)40)26-24(16)28(34)18-8-4-6-10-20(18)30(26)36/h3-14,31-32H,1-2H3. The minimum atomic E-state index is -3.87. The second-order valence-corrected chi connectivity index (χ2v) is 13.5. The van der Waals surface area contributed by atoms with Gasteiger partial charge in [-0.05, 0) is 23.3 Å². The highest BCUT2D eigenvalue weighted by atomic mass is 32.2. The number of rotatable bonds is 5. The molecule has 2 aliphatic rings. The molecule has 2 aliphatic carbocycles. The number of sulfonamides is 2. The van der Waals surface area contributed by atoms with E-state index in [1.807, 2.05) is 0 Å². The molecule has 0 aromatic heterocycles. The van der Waals surface area contributed by atoms with E-state index in [9.17, 15) is 36.0 Å². The Hall–Kier alpha value is -4.94. The first kappa shape index (κ1) is 27.2. The second-order valence-electron chi connectivity index (χ2n) is 9.98. The van der Waals surface area contributed by atoms with Crippen molar-refractivity contribution >= 4 is 54.6 Å². The number of anilines is 2. The zero-order valence-corrected chi connectivity index (χ0v) is 23.6. The number of benzene rings is 4. The van der Waals surface area contributed by atoms with Crippen LogP contribution in [0.4, 0.5) is 11.4 Å². The first-order valence-corrected chi connectivity index (χ1v) is 16.2. The van der Waals surface area contributed by atoms with Crippen molar-refractivity contribution in [2.24, 2.45) is 0 Å². The Morgan fingerprint density at radius 1 is 0.405 bits per heavy atom. The van der Waals surface area contributed by atoms with Gasteiger partial charge in [-0.1, -0.05) is 60.7 Å². The summed E-state index contributed by atoms with van der Waals surface area (Å²) < 4.78 is 53.3. The van der Waals surface area contributed by atoms with E-state index in [-0.39, 0.29) is 67.0 Å². The Balaban J connectivity index is 1.70. The summed E-state index contributed by atoms with van der Waals surface area (Å²) >= 11 is 0. The highest BCUT2D eigenvalue weighted by Crippen LogP contribution is 2.43. The molecule has 0 saturated heterocycles. The van der Waals surface area contributed by atoms with Gasteiger partial charge >= 0.3 is 0 Å². The van der Waals surface area contributed by atoms with E-state index in [1.165, 1.54) is 48.5 Å². The van der Waals surface area contributed by atoms with Crippen LogP contribution in [0.1, 0.15) is 63.7 Å². The van der Waals surface area contributed by atoms with Gasteiger partial charge < -0.3 is 0 Å². The van der Waals surface area contributed by atoms with Gasteiger partial charge in [-0.2, -0.15) is 0 Å². The lowest BCUT2D eigenvalue weighted by atomic mass is 9.76. The maximum atomic E-state index is 14.0. The van der Waals surface area contributed by atoms with Crippen LogP contribution in [-0.2, 0) is 20.0 Å². The van der Waals surface area contributed by atoms with E-state index in [2.05, 4.69) is 9.44 Å². The van der Waals surface area contributed by atoms with Crippen LogP contribution in [0.15, 0.2) is 72.8 Å². The number of carbonyl (C=O) groups is 4. The normalized spacial score (nSPS) is 14.0. The molecule has 4 aromatic carbocycles. The van der Waals surface area contributed by atoms with Gasteiger partial charge in [-0.25, -0.2) is 16.8 Å². The summed E-state index contributed by atoms with van der Waals surface area (Å²) in [5, 5.41) is 0. The lowest BCUT2D eigenvalue weighted by Gasteiger charge is -2.26. The largest absolute Gasteiger partial charge is 0.289 e. The molecule has 12 heteroatoms. The van der Waals surface area contributed by atoms with Gasteiger partial charge in [0.25, 0.3) is 0 Å². The zero-order valence-electron chi connectivity index (χ0n) is 22.0. The van der Waals surface area contributed by atoms with Gasteiger partial charge in [-0.15, -0.1) is 0 Å². The molecule has 0 spiro atoms. The van der Waals surface area contributed by atoms with Crippen molar-refractivity contribution in [2.75, 3.05) is 22.0 Å². The van der Waals surface area contributed by atoms with Crippen LogP contribution in [0.25, 0.3) is 11.1 Å². The molecule has 0 atom stereocenters. The molecule has 42 heavy (non-hydrogen) atoms. The highest BCUT2D eigenvalue weighted by molar-refractivity contribution is 7.92. The van der Waals surface area contributed by atoms with Crippen LogP contribution in [0.2, 0.25) is 0 Å². The SMILES string of the molecule is CS(=O)(=O)Nc1ccc(-c2ccc(NS(C)(=O)=O)c3c2C(=O)c2ccccc2C3=O)c2c1C(=O)c1ccccc1C2=O. The van der Waals surface area contributed by atoms with Gasteiger partial charge in [-0.3, -0.25) is 28.6 Å². The van der Waals surface area contributed by atoms with Crippen molar-refractivity contribution in [3.05, 3.63) is 117 Å². The van der Waals surface area contributed by atoms with Crippen molar-refractivity contribution in [1.82, 2.24) is 0 Å². The molecule has 0 unspecified atom stereocenters. The van der Waals surface area contributed by atoms with Crippen LogP contribution in [0.3, 0.4) is 0 Å². The van der Waals surface area contributed by atoms with Gasteiger partial charge in [0.15, 0.2) is 23.1 Å². The fourth-order valence-electron chi connectivity index (χ4n) is 5.46. The smallest absolute Gasteiger partial charge is 0.229 e. The van der Waals surface area contributed by atoms with Crippen molar-refractivity contribution in [3.8, 4) is 11.1 Å². The van der Waals surface area contributed by atoms with E-state index >= 15 is 0 Å². The molecule has 0 amide bonds. The molecule has 0 aliphatic heterocycles. The van der Waals surface area contributed by atoms with Crippen molar-refractivity contribution < 1.29 is 36.0 Å². The fraction of sp³-hybridized carbons (Fsp3) is 0.0667. The Kier molecular flexibility index (Phi) is 6.03. The molecule has 0 heterocycles. The number of hydrogen-bond acceptors (Lipinski definition) is 8. The van der Waals surface area contributed by atoms with E-state index in [0.717, 1.165) is 12.5 Å². The molecule has 6 rings (SSSR count). The molecule has 210 valence electrons. The molecule has 0 fully saturated rings. The Morgan fingerprint density at radius 2 is 0.690 bits per heavy atom. The van der Waals surface area contributed by atoms with Crippen LogP contribution in [0.5, 0.6) is 0 Å². The van der Waals surface area contributed by atoms with Gasteiger partial charge in [0.1, 0.15) is 0 Å². The van der Waals surface area contributed by atoms with Gasteiger partial charge in [0.05, 0.1) is 35.0 Å². The predicted octanol–water partition coefficient (Wildman–Crippen LogP) is 3.65. The molecule has 10 nitrogen and oxygen atoms in total. The third-order valence-corrected chi connectivity index (χ3v) is 8.21. The lowest BCUT2D eigenvalue weighted by Crippen LogP contribution is -2.26. The second kappa shape index (κ2) is 9.29. The van der Waals surface area contributed by atoms with Crippen molar-refractivity contribution in [2.45, 2.75) is 0 Å². The Labute approximate surface area is 240 Å². The molecule has 0 radical (unpaired) electrons. The Morgan fingerprint density at radius 3 is 0.976 bits per heavy atom. The summed E-state index contributed by atoms with van der Waals surface area (Å²) in [6, 6.07) is 17.6. The van der Waals surface area contributed by atoms with Crippen molar-refractivity contribution in [1.29, 1.82) is 0 Å². The lowest BCUT2D eigenvalue weighted by molar-refractivity contribution is 0.0978. The average molecular weight is 601 g/mol. The van der Waals surface area contributed by atoms with Crippen LogP contribution >= 0.6 is 0 Å². The van der Waals surface area contributed by atoms with E-state index in [0.29, 0.717) is 0 Å². The highest BCUT2D eigenvalue weighted by Gasteiger charge is 2.38. The van der Waals surface area contributed by atoms with Crippen molar-refractivity contribution in [3.63, 3.8) is 0 Å². The first-order chi connectivity index (χ1) is 19.8. The molecule has 2 N–H and O–H groups in total. The number of ketones is 4. The first-order valence-electron chi connectivity index (χ1n) is 12.4. The van der Waals surface area contributed by atoms with Gasteiger partial charge in [0.2, 0.25) is 20.0 Å². The average Bonchev–Trinajstić information content (AvgIpc) is 2.93. The summed E-state index contributed by atoms with van der Waals surface area (Å²) in [5.41, 5.74) is -0.435. The summed E-state index contributed by atoms with van der Waals surface area (Å²) in [6.45, 7) is 0. The Bertz CT molecular complexity index is 2010. The molecular formula is C30H20N2O8S2. The number of nitrogens with one attached hydrogen (secondary N) is 2. The predicted molar refractivity (Wildman–Crippen MR) is 155 cm³/mol. The topological polar surface area (TPSA) is 161 Å². The molecular weight excluding hydrogens is 580 g/mol. The quantitative estimate of drug-likeness (QED) is 0.303. The third-order valence-electron chi connectivity index (χ3n) is 7.03. The van der Waals surface area contributed by atoms with E-state index in [4.69, 9.17) is 0 Å². The zero-order chi connectivity index (χ0) is 30.1. The number of fused-ring (bicyclic) bond motifs is 4. The maximum absolute atomic E-state index is 14.0. The van der Waals surface area contributed by atoms with E-state index < -0.39 is 43.2 Å². The molecule has 0 bridgehead atoms. The molecule has 0 saturated carbocycles. The van der Waals surface area contributed by atoms with E-state index in [1.54, 1.807) is 24.3 Å². The third kappa shape index (κ3) is 4.32. The summed E-state index contributed by atoms with van der Waals surface area (Å²) in [6.07, 6.45) is 1.81. The monoisotopic (exact) mass is 600 g/mol. The van der Waals surface area contributed by atoms with Crippen LogP contribution in [0, 0.1) is 0 Å². The molecule has 4 aromatic rings.